The van der Waals surface area contributed by atoms with Crippen molar-refractivity contribution in [2.24, 2.45) is 5.92 Å². The molecule has 0 spiro atoms. The largest absolute Gasteiger partial charge is 0.516 e. The number of alkyl halides is 3. The lowest BCUT2D eigenvalue weighted by atomic mass is 9.97. The molecule has 5 atom stereocenters. The van der Waals surface area contributed by atoms with Gasteiger partial charge in [-0.05, 0) is 31.6 Å². The minimum Gasteiger partial charge on any atom is -0.367 e. The average molecular weight is 424 g/mol. The van der Waals surface area contributed by atoms with E-state index in [2.05, 4.69) is 11.4 Å². The zero-order chi connectivity index (χ0) is 20.7. The highest BCUT2D eigenvalue weighted by molar-refractivity contribution is 7.90. The zero-order valence-electron chi connectivity index (χ0n) is 14.6. The number of carbonyl (C=O) groups is 2. The van der Waals surface area contributed by atoms with E-state index in [1.54, 1.807) is 4.90 Å². The normalized spacial score (nSPS) is 32.4. The highest BCUT2D eigenvalue weighted by Gasteiger charge is 2.51. The molecule has 3 aliphatic rings. The molecule has 9 nitrogen and oxygen atoms in total. The van der Waals surface area contributed by atoms with E-state index in [4.69, 9.17) is 10.00 Å². The summed E-state index contributed by atoms with van der Waals surface area (Å²) in [6, 6.07) is 0.952. The number of nitrogens with one attached hydrogen (secondary N) is 2. The summed E-state index contributed by atoms with van der Waals surface area (Å²) < 4.78 is 64.7. The van der Waals surface area contributed by atoms with Crippen LogP contribution in [-0.2, 0) is 24.3 Å². The number of hydrogen-bond donors (Lipinski definition) is 2. The van der Waals surface area contributed by atoms with Crippen molar-refractivity contribution in [2.75, 3.05) is 13.2 Å². The van der Waals surface area contributed by atoms with Crippen LogP contribution in [0.2, 0.25) is 0 Å². The van der Waals surface area contributed by atoms with Gasteiger partial charge in [-0.15, -0.1) is 0 Å². The fourth-order valence-electron chi connectivity index (χ4n) is 4.07. The summed E-state index contributed by atoms with van der Waals surface area (Å²) in [6.07, 6.45) is 1.91. The molecular formula is C15H19F3N4O5S. The maximum absolute atomic E-state index is 12.7. The lowest BCUT2D eigenvalue weighted by molar-refractivity contribution is -0.136. The molecule has 0 radical (unpaired) electrons. The van der Waals surface area contributed by atoms with Crippen LogP contribution in [0.4, 0.5) is 13.2 Å². The maximum Gasteiger partial charge on any atom is 0.516 e. The Bertz CT molecular complexity index is 796. The fourth-order valence-corrected chi connectivity index (χ4v) is 4.55. The number of rotatable bonds is 5. The minimum absolute atomic E-state index is 0.0792. The van der Waals surface area contributed by atoms with Crippen LogP contribution < -0.4 is 10.0 Å². The van der Waals surface area contributed by atoms with Crippen LogP contribution in [0.3, 0.4) is 0 Å². The van der Waals surface area contributed by atoms with E-state index in [9.17, 15) is 31.2 Å². The Hall–Kier alpha value is -1.91. The maximum atomic E-state index is 12.7. The van der Waals surface area contributed by atoms with Crippen LogP contribution in [0.1, 0.15) is 25.7 Å². The Kier molecular flexibility index (Phi) is 5.57. The Morgan fingerprint density at radius 1 is 1.32 bits per heavy atom. The lowest BCUT2D eigenvalue weighted by Crippen LogP contribution is -2.54. The molecule has 0 aromatic rings. The van der Waals surface area contributed by atoms with Crippen LogP contribution in [0, 0.1) is 17.2 Å². The smallest absolute Gasteiger partial charge is 0.367 e. The molecule has 2 heterocycles. The molecule has 2 aliphatic heterocycles. The molecule has 13 heteroatoms. The summed E-state index contributed by atoms with van der Waals surface area (Å²) in [5.41, 5.74) is -5.58. The van der Waals surface area contributed by atoms with Gasteiger partial charge in [0.25, 0.3) is 5.91 Å². The molecule has 2 N–H and O–H groups in total. The highest BCUT2D eigenvalue weighted by atomic mass is 32.2. The molecule has 0 aromatic heterocycles. The van der Waals surface area contributed by atoms with Gasteiger partial charge in [0, 0.05) is 12.6 Å². The first-order valence-electron chi connectivity index (χ1n) is 8.73. The number of nitrogens with zero attached hydrogens (tertiary/aromatic N) is 2. The predicted molar refractivity (Wildman–Crippen MR) is 86.6 cm³/mol. The quantitative estimate of drug-likeness (QED) is 0.615. The van der Waals surface area contributed by atoms with E-state index < -0.39 is 46.2 Å². The van der Waals surface area contributed by atoms with Gasteiger partial charge in [-0.3, -0.25) is 9.59 Å². The number of halogens is 3. The Labute approximate surface area is 159 Å². The van der Waals surface area contributed by atoms with Gasteiger partial charge in [0.15, 0.2) is 0 Å². The van der Waals surface area contributed by atoms with Gasteiger partial charge in [0.1, 0.15) is 12.6 Å². The van der Waals surface area contributed by atoms with Crippen LogP contribution in [0.25, 0.3) is 0 Å². The van der Waals surface area contributed by atoms with Crippen molar-refractivity contribution in [3.63, 3.8) is 0 Å². The van der Waals surface area contributed by atoms with Gasteiger partial charge in [-0.1, -0.05) is 0 Å². The average Bonchev–Trinajstić information content (AvgIpc) is 3.32. The number of ether oxygens (including phenoxy) is 1. The lowest BCUT2D eigenvalue weighted by Gasteiger charge is -2.32. The number of amides is 2. The number of piperidine rings is 1. The minimum atomic E-state index is -5.76. The molecule has 2 saturated heterocycles. The van der Waals surface area contributed by atoms with Crippen LogP contribution in [0.5, 0.6) is 0 Å². The molecule has 0 aromatic carbocycles. The van der Waals surface area contributed by atoms with E-state index in [1.165, 1.54) is 0 Å². The van der Waals surface area contributed by atoms with Crippen molar-refractivity contribution in [2.45, 2.75) is 55.4 Å². The van der Waals surface area contributed by atoms with Crippen molar-refractivity contribution >= 4 is 21.8 Å². The number of nitriles is 1. The zero-order valence-corrected chi connectivity index (χ0v) is 15.4. The third-order valence-electron chi connectivity index (χ3n) is 5.34. The molecule has 0 unspecified atom stereocenters. The topological polar surface area (TPSA) is 129 Å². The Morgan fingerprint density at radius 2 is 2.04 bits per heavy atom. The summed E-state index contributed by atoms with van der Waals surface area (Å²) in [6.45, 7) is -0.313. The van der Waals surface area contributed by atoms with E-state index in [0.29, 0.717) is 25.8 Å². The van der Waals surface area contributed by atoms with E-state index in [1.807, 2.05) is 0 Å². The second kappa shape index (κ2) is 7.49. The number of hydrogen-bond acceptors (Lipinski definition) is 7. The predicted octanol–water partition coefficient (Wildman–Crippen LogP) is -0.398. The van der Waals surface area contributed by atoms with Gasteiger partial charge in [0.2, 0.25) is 5.91 Å². The molecule has 3 rings (SSSR count). The Balaban J connectivity index is 1.49. The molecule has 28 heavy (non-hydrogen) atoms. The number of carbonyl (C=O) groups excluding carboxylic acids is 2. The van der Waals surface area contributed by atoms with E-state index >= 15 is 0 Å². The second-order valence-electron chi connectivity index (χ2n) is 7.12. The van der Waals surface area contributed by atoms with Crippen molar-refractivity contribution in [1.29, 1.82) is 5.26 Å². The summed E-state index contributed by atoms with van der Waals surface area (Å²) in [5, 5.41) is 12.2. The number of likely N-dealkylation sites (tertiary alicyclic amines) is 1. The number of fused-ring (bicyclic) bond motifs is 2. The van der Waals surface area contributed by atoms with Gasteiger partial charge in [0.05, 0.1) is 18.2 Å². The fraction of sp³-hybridized carbons (Fsp3) is 0.800. The molecule has 1 saturated carbocycles. The second-order valence-corrected chi connectivity index (χ2v) is 8.80. The Morgan fingerprint density at radius 3 is 2.61 bits per heavy atom. The van der Waals surface area contributed by atoms with Crippen molar-refractivity contribution in [1.82, 2.24) is 14.9 Å². The monoisotopic (exact) mass is 424 g/mol. The summed E-state index contributed by atoms with van der Waals surface area (Å²) in [5.74, 6) is -1.64. The van der Waals surface area contributed by atoms with Crippen molar-refractivity contribution in [3.8, 4) is 6.07 Å². The summed E-state index contributed by atoms with van der Waals surface area (Å²) in [4.78, 5) is 25.7. The third kappa shape index (κ3) is 3.94. The van der Waals surface area contributed by atoms with E-state index in [-0.39, 0.29) is 17.9 Å². The SMILES string of the molecule is N#C[C@@H]1CCCN1C(=O)[C@H]1N[C@H]2C[C@@H]1C[C@H]2OCC(=O)NS(=O)(=O)C(F)(F)F. The first kappa shape index (κ1) is 20.8. The molecule has 3 fully saturated rings. The van der Waals surface area contributed by atoms with Crippen LogP contribution in [-0.4, -0.2) is 68.0 Å². The van der Waals surface area contributed by atoms with E-state index in [0.717, 1.165) is 11.1 Å². The summed E-state index contributed by atoms with van der Waals surface area (Å²) >= 11 is 0. The third-order valence-corrected chi connectivity index (χ3v) is 6.44. The molecule has 1 aliphatic carbocycles. The first-order valence-corrected chi connectivity index (χ1v) is 10.2. The van der Waals surface area contributed by atoms with Gasteiger partial charge in [-0.25, -0.2) is 4.72 Å². The standard InChI is InChI=1S/C15H19F3N4O5S/c16-15(17,18)28(25,26)21-12(23)7-27-11-5-8-4-10(11)20-13(8)14(24)22-3-1-2-9(22)6-19/h8-11,13,20H,1-5,7H2,(H,21,23)/t8-,9+,10+,11-,13+/m1/s1. The van der Waals surface area contributed by atoms with Gasteiger partial charge >= 0.3 is 15.5 Å². The molecule has 156 valence electrons. The molecular weight excluding hydrogens is 405 g/mol. The van der Waals surface area contributed by atoms with Gasteiger partial charge < -0.3 is 15.0 Å². The van der Waals surface area contributed by atoms with Crippen molar-refractivity contribution in [3.05, 3.63) is 0 Å². The highest BCUT2D eigenvalue weighted by Crippen LogP contribution is 2.38. The molecule has 2 amide bonds. The van der Waals surface area contributed by atoms with Crippen LogP contribution >= 0.6 is 0 Å². The first-order chi connectivity index (χ1) is 13.0. The summed E-state index contributed by atoms with van der Waals surface area (Å²) in [7, 11) is -5.76. The van der Waals surface area contributed by atoms with Crippen molar-refractivity contribution < 1.29 is 35.9 Å². The van der Waals surface area contributed by atoms with Gasteiger partial charge in [-0.2, -0.15) is 26.9 Å². The van der Waals surface area contributed by atoms with Crippen LogP contribution in [0.15, 0.2) is 0 Å². The molecule has 2 bridgehead atoms. The number of sulfonamides is 1.